The molecule has 0 aliphatic heterocycles. The number of carbonyl (C=O) groups is 3. The van der Waals surface area contributed by atoms with Crippen LogP contribution >= 0.6 is 0 Å². The van der Waals surface area contributed by atoms with Gasteiger partial charge < -0.3 is 14.2 Å². The summed E-state index contributed by atoms with van der Waals surface area (Å²) in [6, 6.07) is 0. The van der Waals surface area contributed by atoms with Gasteiger partial charge in [0, 0.05) is 19.3 Å². The molecule has 1 atom stereocenters. The number of allylic oxidation sites excluding steroid dienone is 14. The second kappa shape index (κ2) is 66.1. The molecule has 0 saturated heterocycles. The van der Waals surface area contributed by atoms with Crippen molar-refractivity contribution in [2.75, 3.05) is 13.2 Å². The van der Waals surface area contributed by atoms with Gasteiger partial charge in [-0.25, -0.2) is 0 Å². The van der Waals surface area contributed by atoms with Crippen LogP contribution in [0.1, 0.15) is 335 Å². The van der Waals surface area contributed by atoms with Gasteiger partial charge in [0.05, 0.1) is 0 Å². The van der Waals surface area contributed by atoms with Crippen LogP contribution in [-0.2, 0) is 28.6 Å². The second-order valence-electron chi connectivity index (χ2n) is 22.3. The largest absolute Gasteiger partial charge is 0.462 e. The Bertz CT molecular complexity index is 1480. The summed E-state index contributed by atoms with van der Waals surface area (Å²) in [5, 5.41) is 0. The van der Waals surface area contributed by atoms with E-state index in [1.165, 1.54) is 199 Å². The third-order valence-corrected chi connectivity index (χ3v) is 14.6. The Kier molecular flexibility index (Phi) is 63.2. The third-order valence-electron chi connectivity index (χ3n) is 14.6. The molecule has 0 amide bonds. The molecule has 6 nitrogen and oxygen atoms in total. The molecule has 0 fully saturated rings. The van der Waals surface area contributed by atoms with Crippen LogP contribution < -0.4 is 0 Å². The number of esters is 3. The number of carbonyl (C=O) groups excluding carboxylic acids is 3. The minimum atomic E-state index is -0.784. The molecule has 0 aliphatic carbocycles. The fraction of sp³-hybridized carbons (Fsp3) is 0.764. The van der Waals surface area contributed by atoms with Crippen molar-refractivity contribution in [1.82, 2.24) is 0 Å². The molecule has 0 rings (SSSR count). The fourth-order valence-electron chi connectivity index (χ4n) is 9.58. The van der Waals surface area contributed by atoms with Gasteiger partial charge in [-0.3, -0.25) is 14.4 Å². The number of ether oxygens (including phenoxy) is 3. The van der Waals surface area contributed by atoms with Crippen LogP contribution in [0.15, 0.2) is 85.1 Å². The van der Waals surface area contributed by atoms with E-state index in [-0.39, 0.29) is 31.1 Å². The Morgan fingerprint density at radius 1 is 0.269 bits per heavy atom. The summed E-state index contributed by atoms with van der Waals surface area (Å²) in [5.41, 5.74) is 0. The highest BCUT2D eigenvalue weighted by Crippen LogP contribution is 2.17. The Morgan fingerprint density at radius 3 is 0.821 bits per heavy atom. The summed E-state index contributed by atoms with van der Waals surface area (Å²) < 4.78 is 17.0. The first-order valence-electron chi connectivity index (χ1n) is 33.6. The molecule has 0 aliphatic rings. The summed E-state index contributed by atoms with van der Waals surface area (Å²) in [6.07, 6.45) is 87.3. The zero-order valence-electron chi connectivity index (χ0n) is 51.7. The van der Waals surface area contributed by atoms with Crippen LogP contribution in [0.2, 0.25) is 0 Å². The van der Waals surface area contributed by atoms with E-state index in [2.05, 4.69) is 106 Å². The SMILES string of the molecule is CC/C=C\C/C=C\C/C=C\C/C=C\CCCCCCCCCCCCCCC(=O)OCC(COC(=O)CCCCCCC/C=C\CCCCCCCCC)OC(=O)CCCCCCCCCCC/C=C\C/C=C\CCCCC. The first kappa shape index (κ1) is 74.6. The van der Waals surface area contributed by atoms with Gasteiger partial charge in [-0.1, -0.05) is 286 Å². The molecular formula is C72H126O6. The number of unbranched alkanes of at least 4 members (excludes halogenated alkanes) is 36. The van der Waals surface area contributed by atoms with E-state index in [9.17, 15) is 14.4 Å². The predicted octanol–water partition coefficient (Wildman–Crippen LogP) is 23.1. The van der Waals surface area contributed by atoms with Gasteiger partial charge in [0.1, 0.15) is 13.2 Å². The van der Waals surface area contributed by atoms with E-state index in [4.69, 9.17) is 14.2 Å². The fourth-order valence-corrected chi connectivity index (χ4v) is 9.58. The zero-order chi connectivity index (χ0) is 56.4. The van der Waals surface area contributed by atoms with E-state index >= 15 is 0 Å². The van der Waals surface area contributed by atoms with Crippen molar-refractivity contribution >= 4 is 17.9 Å². The smallest absolute Gasteiger partial charge is 0.306 e. The van der Waals surface area contributed by atoms with Crippen molar-refractivity contribution in [3.63, 3.8) is 0 Å². The number of rotatable bonds is 61. The molecule has 0 radical (unpaired) electrons. The molecule has 1 unspecified atom stereocenters. The lowest BCUT2D eigenvalue weighted by Crippen LogP contribution is -2.30. The van der Waals surface area contributed by atoms with Crippen LogP contribution in [0.25, 0.3) is 0 Å². The minimum Gasteiger partial charge on any atom is -0.462 e. The van der Waals surface area contributed by atoms with Gasteiger partial charge in [-0.2, -0.15) is 0 Å². The van der Waals surface area contributed by atoms with Crippen molar-refractivity contribution in [2.24, 2.45) is 0 Å². The summed E-state index contributed by atoms with van der Waals surface area (Å²) in [6.45, 7) is 6.53. The van der Waals surface area contributed by atoms with Crippen molar-refractivity contribution in [1.29, 1.82) is 0 Å². The second-order valence-corrected chi connectivity index (χ2v) is 22.3. The number of hydrogen-bond acceptors (Lipinski definition) is 6. The van der Waals surface area contributed by atoms with E-state index in [1.54, 1.807) is 0 Å². The first-order valence-corrected chi connectivity index (χ1v) is 33.6. The summed E-state index contributed by atoms with van der Waals surface area (Å²) in [7, 11) is 0. The lowest BCUT2D eigenvalue weighted by atomic mass is 10.0. The van der Waals surface area contributed by atoms with Crippen LogP contribution in [0, 0.1) is 0 Å². The van der Waals surface area contributed by atoms with Gasteiger partial charge >= 0.3 is 17.9 Å². The Balaban J connectivity index is 4.34. The van der Waals surface area contributed by atoms with Gasteiger partial charge in [0.15, 0.2) is 6.10 Å². The molecule has 0 aromatic carbocycles. The summed E-state index contributed by atoms with van der Waals surface area (Å²) >= 11 is 0. The minimum absolute atomic E-state index is 0.0799. The van der Waals surface area contributed by atoms with Crippen LogP contribution in [0.3, 0.4) is 0 Å². The van der Waals surface area contributed by atoms with E-state index in [0.29, 0.717) is 19.3 Å². The molecule has 0 aromatic heterocycles. The Labute approximate surface area is 484 Å². The predicted molar refractivity (Wildman–Crippen MR) is 339 cm³/mol. The average Bonchev–Trinajstić information content (AvgIpc) is 3.44. The highest BCUT2D eigenvalue weighted by Gasteiger charge is 2.19. The molecule has 0 N–H and O–H groups in total. The van der Waals surface area contributed by atoms with Crippen LogP contribution in [-0.4, -0.2) is 37.2 Å². The molecule has 0 aromatic rings. The van der Waals surface area contributed by atoms with Crippen LogP contribution in [0.4, 0.5) is 0 Å². The highest BCUT2D eigenvalue weighted by molar-refractivity contribution is 5.71. The van der Waals surface area contributed by atoms with E-state index < -0.39 is 6.10 Å². The highest BCUT2D eigenvalue weighted by atomic mass is 16.6. The molecule has 450 valence electrons. The monoisotopic (exact) mass is 1090 g/mol. The first-order chi connectivity index (χ1) is 38.5. The Morgan fingerprint density at radius 2 is 0.500 bits per heavy atom. The molecule has 0 heterocycles. The standard InChI is InChI=1S/C72H126O6/c1-4-7-10-13-16-19-22-25-28-31-33-34-35-36-37-38-40-41-44-47-50-53-56-59-62-65-71(74)77-68-69(67-76-70(73)64-61-58-55-52-49-46-43-30-27-24-21-18-15-12-9-6-3)78-72(75)66-63-60-57-54-51-48-45-42-39-32-29-26-23-20-17-14-11-8-5-2/h7,10,16-17,19-20,25-26,28-30,33-34,43,69H,4-6,8-9,11-15,18,21-24,27,31-32,35-42,44-68H2,1-3H3/b10-7-,19-16-,20-17-,28-25-,29-26-,34-33-,43-30-. The van der Waals surface area contributed by atoms with Gasteiger partial charge in [-0.05, 0) is 116 Å². The van der Waals surface area contributed by atoms with Crippen molar-refractivity contribution in [3.05, 3.63) is 85.1 Å². The maximum absolute atomic E-state index is 12.9. The van der Waals surface area contributed by atoms with Gasteiger partial charge in [0.2, 0.25) is 0 Å². The summed E-state index contributed by atoms with van der Waals surface area (Å²) in [5.74, 6) is -0.878. The molecular weight excluding hydrogens is 961 g/mol. The van der Waals surface area contributed by atoms with E-state index in [0.717, 1.165) is 96.3 Å². The molecule has 6 heteroatoms. The molecule has 0 bridgehead atoms. The molecule has 78 heavy (non-hydrogen) atoms. The molecule has 0 spiro atoms. The van der Waals surface area contributed by atoms with Crippen molar-refractivity contribution in [3.8, 4) is 0 Å². The lowest BCUT2D eigenvalue weighted by molar-refractivity contribution is -0.167. The number of hydrogen-bond donors (Lipinski definition) is 0. The van der Waals surface area contributed by atoms with Crippen LogP contribution in [0.5, 0.6) is 0 Å². The average molecular weight is 1090 g/mol. The van der Waals surface area contributed by atoms with Gasteiger partial charge in [-0.15, -0.1) is 0 Å². The maximum Gasteiger partial charge on any atom is 0.306 e. The van der Waals surface area contributed by atoms with Crippen molar-refractivity contribution < 1.29 is 28.6 Å². The Hall–Kier alpha value is -3.41. The topological polar surface area (TPSA) is 78.9 Å². The molecule has 0 saturated carbocycles. The van der Waals surface area contributed by atoms with Gasteiger partial charge in [0.25, 0.3) is 0 Å². The quantitative estimate of drug-likeness (QED) is 0.0261. The maximum atomic E-state index is 12.9. The third kappa shape index (κ3) is 63.4. The summed E-state index contributed by atoms with van der Waals surface area (Å²) in [4.78, 5) is 38.4. The van der Waals surface area contributed by atoms with E-state index in [1.807, 2.05) is 0 Å². The zero-order valence-corrected chi connectivity index (χ0v) is 51.7. The lowest BCUT2D eigenvalue weighted by Gasteiger charge is -2.18. The normalized spacial score (nSPS) is 12.6. The van der Waals surface area contributed by atoms with Crippen molar-refractivity contribution in [2.45, 2.75) is 341 Å².